The summed E-state index contributed by atoms with van der Waals surface area (Å²) in [6, 6.07) is 2.80. The molecule has 0 bridgehead atoms. The Labute approximate surface area is 196 Å². The lowest BCUT2D eigenvalue weighted by atomic mass is 9.88. The van der Waals surface area contributed by atoms with Gasteiger partial charge in [-0.15, -0.1) is 10.2 Å². The first-order valence-electron chi connectivity index (χ1n) is 12.5. The second-order valence-corrected chi connectivity index (χ2v) is 10.7. The molecule has 2 aromatic heterocycles. The van der Waals surface area contributed by atoms with Crippen LogP contribution in [0, 0.1) is 12.8 Å². The molecule has 1 N–H and O–H groups in total. The number of thiophene rings is 1. The van der Waals surface area contributed by atoms with E-state index in [-0.39, 0.29) is 17.9 Å². The summed E-state index contributed by atoms with van der Waals surface area (Å²) in [6.07, 6.45) is 9.02. The van der Waals surface area contributed by atoms with Crippen LogP contribution < -0.4 is 5.32 Å². The van der Waals surface area contributed by atoms with Gasteiger partial charge in [0.1, 0.15) is 11.6 Å². The van der Waals surface area contributed by atoms with Gasteiger partial charge in [0, 0.05) is 37.5 Å². The zero-order valence-corrected chi connectivity index (χ0v) is 20.7. The molecule has 1 saturated heterocycles. The van der Waals surface area contributed by atoms with E-state index in [0.29, 0.717) is 12.0 Å². The summed E-state index contributed by atoms with van der Waals surface area (Å²) in [7, 11) is 0. The number of nitrogens with zero attached hydrogens (tertiary/aromatic N) is 4. The Balaban J connectivity index is 1.31. The van der Waals surface area contributed by atoms with Gasteiger partial charge in [-0.2, -0.15) is 11.3 Å². The molecular weight excluding hydrogens is 418 g/mol. The molecule has 4 rings (SSSR count). The van der Waals surface area contributed by atoms with Crippen LogP contribution in [-0.2, 0) is 4.79 Å². The van der Waals surface area contributed by atoms with E-state index in [9.17, 15) is 4.79 Å². The van der Waals surface area contributed by atoms with Crippen LogP contribution >= 0.6 is 11.3 Å². The Hall–Kier alpha value is -1.73. The summed E-state index contributed by atoms with van der Waals surface area (Å²) in [5, 5.41) is 16.5. The van der Waals surface area contributed by atoms with Gasteiger partial charge in [0.2, 0.25) is 5.91 Å². The van der Waals surface area contributed by atoms with Gasteiger partial charge >= 0.3 is 0 Å². The van der Waals surface area contributed by atoms with Crippen LogP contribution in [0.15, 0.2) is 16.8 Å². The van der Waals surface area contributed by atoms with E-state index in [4.69, 9.17) is 0 Å². The lowest BCUT2D eigenvalue weighted by molar-refractivity contribution is -0.126. The van der Waals surface area contributed by atoms with Gasteiger partial charge in [0.15, 0.2) is 0 Å². The van der Waals surface area contributed by atoms with Crippen molar-refractivity contribution in [1.29, 1.82) is 0 Å². The van der Waals surface area contributed by atoms with Crippen molar-refractivity contribution in [3.63, 3.8) is 0 Å². The molecule has 6 nitrogen and oxygen atoms in total. The lowest BCUT2D eigenvalue weighted by Gasteiger charge is -2.34. The van der Waals surface area contributed by atoms with E-state index >= 15 is 0 Å². The molecule has 1 atom stereocenters. The van der Waals surface area contributed by atoms with Gasteiger partial charge in [0.25, 0.3) is 0 Å². The average molecular weight is 458 g/mol. The number of hydrogen-bond donors (Lipinski definition) is 1. The molecule has 2 aromatic rings. The quantitative estimate of drug-likeness (QED) is 0.589. The average Bonchev–Trinajstić information content (AvgIpc) is 3.47. The standard InChI is InChI=1S/C25H39N5OS/c1-18(2)24-28-27-19(3)30(24)22-9-13-29(14-10-22)15-11-23(21-12-16-32-17-21)26-25(31)20-7-5-4-6-8-20/h12,16-18,20,22-23H,4-11,13-15H2,1-3H3,(H,26,31)/t23-/m0/s1. The highest BCUT2D eigenvalue weighted by atomic mass is 32.1. The molecule has 0 radical (unpaired) electrons. The molecule has 32 heavy (non-hydrogen) atoms. The third-order valence-electron chi connectivity index (χ3n) is 7.30. The third kappa shape index (κ3) is 5.60. The summed E-state index contributed by atoms with van der Waals surface area (Å²) in [6.45, 7) is 9.67. The molecular formula is C25H39N5OS. The van der Waals surface area contributed by atoms with Gasteiger partial charge in [-0.05, 0) is 61.4 Å². The number of piperidine rings is 1. The maximum atomic E-state index is 12.9. The predicted molar refractivity (Wildman–Crippen MR) is 130 cm³/mol. The summed E-state index contributed by atoms with van der Waals surface area (Å²) >= 11 is 1.72. The van der Waals surface area contributed by atoms with Crippen molar-refractivity contribution in [1.82, 2.24) is 25.0 Å². The molecule has 1 amide bonds. The van der Waals surface area contributed by atoms with Crippen molar-refractivity contribution in [2.45, 2.75) is 90.1 Å². The largest absolute Gasteiger partial charge is 0.349 e. The van der Waals surface area contributed by atoms with E-state index in [1.54, 1.807) is 11.3 Å². The van der Waals surface area contributed by atoms with E-state index in [1.165, 1.54) is 24.8 Å². The first-order chi connectivity index (χ1) is 15.5. The van der Waals surface area contributed by atoms with Gasteiger partial charge in [-0.3, -0.25) is 4.79 Å². The van der Waals surface area contributed by atoms with Crippen LogP contribution in [0.3, 0.4) is 0 Å². The Morgan fingerprint density at radius 2 is 1.91 bits per heavy atom. The van der Waals surface area contributed by atoms with E-state index in [0.717, 1.165) is 63.4 Å². The van der Waals surface area contributed by atoms with Gasteiger partial charge < -0.3 is 14.8 Å². The topological polar surface area (TPSA) is 63.1 Å². The van der Waals surface area contributed by atoms with Crippen LogP contribution in [0.25, 0.3) is 0 Å². The van der Waals surface area contributed by atoms with Gasteiger partial charge in [-0.1, -0.05) is 33.1 Å². The highest BCUT2D eigenvalue weighted by molar-refractivity contribution is 7.08. The van der Waals surface area contributed by atoms with Crippen LogP contribution in [0.5, 0.6) is 0 Å². The summed E-state index contributed by atoms with van der Waals surface area (Å²) < 4.78 is 2.38. The van der Waals surface area contributed by atoms with E-state index in [1.807, 2.05) is 0 Å². The number of amides is 1. The Bertz CT molecular complexity index is 848. The fraction of sp³-hybridized carbons (Fsp3) is 0.720. The minimum Gasteiger partial charge on any atom is -0.349 e. The predicted octanol–water partition coefficient (Wildman–Crippen LogP) is 5.24. The van der Waals surface area contributed by atoms with E-state index < -0.39 is 0 Å². The molecule has 0 spiro atoms. The maximum Gasteiger partial charge on any atom is 0.223 e. The van der Waals surface area contributed by atoms with Crippen LogP contribution in [0.1, 0.15) is 100 Å². The molecule has 0 unspecified atom stereocenters. The van der Waals surface area contributed by atoms with Crippen molar-refractivity contribution < 1.29 is 4.79 Å². The molecule has 1 saturated carbocycles. The third-order valence-corrected chi connectivity index (χ3v) is 8.00. The molecule has 2 fully saturated rings. The Kier molecular flexibility index (Phi) is 8.00. The van der Waals surface area contributed by atoms with E-state index in [2.05, 4.69) is 62.6 Å². The molecule has 3 heterocycles. The summed E-state index contributed by atoms with van der Waals surface area (Å²) in [5.74, 6) is 3.03. The molecule has 1 aliphatic heterocycles. The Morgan fingerprint density at radius 1 is 1.16 bits per heavy atom. The molecule has 0 aromatic carbocycles. The fourth-order valence-corrected chi connectivity index (χ4v) is 6.11. The number of carbonyl (C=O) groups is 1. The molecule has 176 valence electrons. The van der Waals surface area contributed by atoms with Crippen LogP contribution in [-0.4, -0.2) is 45.2 Å². The normalized spacial score (nSPS) is 20.0. The summed E-state index contributed by atoms with van der Waals surface area (Å²) in [5.41, 5.74) is 1.26. The number of hydrogen-bond acceptors (Lipinski definition) is 5. The maximum absolute atomic E-state index is 12.9. The number of rotatable bonds is 8. The van der Waals surface area contributed by atoms with Crippen molar-refractivity contribution in [2.75, 3.05) is 19.6 Å². The van der Waals surface area contributed by atoms with Crippen LogP contribution in [0.4, 0.5) is 0 Å². The highest BCUT2D eigenvalue weighted by Crippen LogP contribution is 2.29. The van der Waals surface area contributed by atoms with Crippen molar-refractivity contribution >= 4 is 17.2 Å². The molecule has 2 aliphatic rings. The monoisotopic (exact) mass is 457 g/mol. The molecule has 7 heteroatoms. The smallest absolute Gasteiger partial charge is 0.223 e. The van der Waals surface area contributed by atoms with Crippen LogP contribution in [0.2, 0.25) is 0 Å². The van der Waals surface area contributed by atoms with Crippen molar-refractivity contribution in [3.8, 4) is 0 Å². The first kappa shape index (κ1) is 23.4. The molecule has 1 aliphatic carbocycles. The second-order valence-electron chi connectivity index (χ2n) is 9.94. The SMILES string of the molecule is Cc1nnc(C(C)C)n1C1CCN(CC[C@H](NC(=O)C2CCCCC2)c2ccsc2)CC1. The zero-order valence-electron chi connectivity index (χ0n) is 19.9. The Morgan fingerprint density at radius 3 is 2.56 bits per heavy atom. The lowest BCUT2D eigenvalue weighted by Crippen LogP contribution is -2.39. The van der Waals surface area contributed by atoms with Gasteiger partial charge in [0.05, 0.1) is 6.04 Å². The van der Waals surface area contributed by atoms with Crippen molar-refractivity contribution in [2.24, 2.45) is 5.92 Å². The van der Waals surface area contributed by atoms with Gasteiger partial charge in [-0.25, -0.2) is 0 Å². The fourth-order valence-electron chi connectivity index (χ4n) is 5.39. The number of carbonyl (C=O) groups excluding carboxylic acids is 1. The highest BCUT2D eigenvalue weighted by Gasteiger charge is 2.27. The number of aryl methyl sites for hydroxylation is 1. The minimum absolute atomic E-state index is 0.126. The number of nitrogens with one attached hydrogen (secondary N) is 1. The first-order valence-corrected chi connectivity index (χ1v) is 13.4. The zero-order chi connectivity index (χ0) is 22.5. The summed E-state index contributed by atoms with van der Waals surface area (Å²) in [4.78, 5) is 15.5. The number of aromatic nitrogens is 3. The van der Waals surface area contributed by atoms with Crippen molar-refractivity contribution in [3.05, 3.63) is 34.0 Å². The minimum atomic E-state index is 0.126. The second kappa shape index (κ2) is 10.9. The number of likely N-dealkylation sites (tertiary alicyclic amines) is 1.